The molecule has 1 rings (SSSR count). The Morgan fingerprint density at radius 3 is 1.50 bits per heavy atom. The van der Waals surface area contributed by atoms with Crippen LogP contribution in [-0.2, 0) is 19.1 Å². The molecule has 0 radical (unpaired) electrons. The summed E-state index contributed by atoms with van der Waals surface area (Å²) in [6.07, 6.45) is 7.26. The van der Waals surface area contributed by atoms with Gasteiger partial charge in [-0.2, -0.15) is 0 Å². The summed E-state index contributed by atoms with van der Waals surface area (Å²) in [7, 11) is 0. The van der Waals surface area contributed by atoms with E-state index in [2.05, 4.69) is 27.7 Å². The van der Waals surface area contributed by atoms with E-state index in [4.69, 9.17) is 9.47 Å². The van der Waals surface area contributed by atoms with Gasteiger partial charge in [-0.3, -0.25) is 9.59 Å². The van der Waals surface area contributed by atoms with Gasteiger partial charge < -0.3 is 9.47 Å². The Bertz CT molecular complexity index is 338. The second kappa shape index (κ2) is 11.5. The quantitative estimate of drug-likeness (QED) is 0.538. The summed E-state index contributed by atoms with van der Waals surface area (Å²) in [5.74, 6) is 0.355. The normalized spacial score (nSPS) is 21.1. The Kier molecular flexibility index (Phi) is 10.0. The number of hydrogen-bond donors (Lipinski definition) is 0. The SMILES string of the molecule is CCC(CC)COC(=O)C1CCCC(C(=O)OCC(CC)CC)C1. The third kappa shape index (κ3) is 6.82. The van der Waals surface area contributed by atoms with Gasteiger partial charge in [0.05, 0.1) is 25.0 Å². The van der Waals surface area contributed by atoms with Gasteiger partial charge in [0.15, 0.2) is 0 Å². The smallest absolute Gasteiger partial charge is 0.308 e. The van der Waals surface area contributed by atoms with Gasteiger partial charge in [0.2, 0.25) is 0 Å². The Hall–Kier alpha value is -1.06. The zero-order valence-electron chi connectivity index (χ0n) is 16.0. The highest BCUT2D eigenvalue weighted by molar-refractivity contribution is 5.76. The van der Waals surface area contributed by atoms with Crippen molar-refractivity contribution in [3.63, 3.8) is 0 Å². The van der Waals surface area contributed by atoms with Crippen molar-refractivity contribution < 1.29 is 19.1 Å². The molecule has 1 saturated carbocycles. The zero-order chi connectivity index (χ0) is 17.9. The van der Waals surface area contributed by atoms with Crippen LogP contribution in [0.2, 0.25) is 0 Å². The maximum absolute atomic E-state index is 12.3. The first-order valence-electron chi connectivity index (χ1n) is 9.88. The van der Waals surface area contributed by atoms with Crippen molar-refractivity contribution in [1.82, 2.24) is 0 Å². The van der Waals surface area contributed by atoms with Crippen molar-refractivity contribution in [3.8, 4) is 0 Å². The number of ether oxygens (including phenoxy) is 2. The molecule has 4 heteroatoms. The Morgan fingerprint density at radius 2 is 1.17 bits per heavy atom. The molecule has 0 bridgehead atoms. The fraction of sp³-hybridized carbons (Fsp3) is 0.900. The molecule has 0 saturated heterocycles. The van der Waals surface area contributed by atoms with E-state index in [0.29, 0.717) is 31.5 Å². The summed E-state index contributed by atoms with van der Waals surface area (Å²) in [5, 5.41) is 0. The minimum Gasteiger partial charge on any atom is -0.465 e. The van der Waals surface area contributed by atoms with E-state index in [1.165, 1.54) is 0 Å². The lowest BCUT2D eigenvalue weighted by Gasteiger charge is -2.27. The molecule has 0 N–H and O–H groups in total. The van der Waals surface area contributed by atoms with Crippen LogP contribution in [0.5, 0.6) is 0 Å². The van der Waals surface area contributed by atoms with Crippen molar-refractivity contribution >= 4 is 11.9 Å². The van der Waals surface area contributed by atoms with Crippen LogP contribution in [0.4, 0.5) is 0 Å². The number of hydrogen-bond acceptors (Lipinski definition) is 4. The number of esters is 2. The molecule has 2 atom stereocenters. The average Bonchev–Trinajstić information content (AvgIpc) is 2.63. The standard InChI is InChI=1S/C20H36O4/c1-5-15(6-2)13-23-19(21)17-10-9-11-18(12-17)20(22)24-14-16(7-3)8-4/h15-18H,5-14H2,1-4H3. The van der Waals surface area contributed by atoms with Gasteiger partial charge in [-0.05, 0) is 31.1 Å². The molecule has 2 unspecified atom stereocenters. The van der Waals surface area contributed by atoms with Gasteiger partial charge >= 0.3 is 11.9 Å². The van der Waals surface area contributed by atoms with Crippen molar-refractivity contribution in [2.24, 2.45) is 23.7 Å². The Morgan fingerprint density at radius 1 is 0.792 bits per heavy atom. The molecule has 0 aromatic rings. The second-order valence-electron chi connectivity index (χ2n) is 7.19. The highest BCUT2D eigenvalue weighted by atomic mass is 16.5. The van der Waals surface area contributed by atoms with Crippen LogP contribution < -0.4 is 0 Å². The summed E-state index contributed by atoms with van der Waals surface area (Å²) >= 11 is 0. The highest BCUT2D eigenvalue weighted by Crippen LogP contribution is 2.31. The van der Waals surface area contributed by atoms with Crippen LogP contribution in [0, 0.1) is 23.7 Å². The average molecular weight is 341 g/mol. The van der Waals surface area contributed by atoms with E-state index in [0.717, 1.165) is 44.9 Å². The van der Waals surface area contributed by atoms with Crippen LogP contribution in [0.25, 0.3) is 0 Å². The van der Waals surface area contributed by atoms with Crippen LogP contribution in [0.15, 0.2) is 0 Å². The molecule has 1 aliphatic rings. The first-order valence-corrected chi connectivity index (χ1v) is 9.88. The zero-order valence-corrected chi connectivity index (χ0v) is 16.0. The Labute approximate surface area is 147 Å². The number of rotatable bonds is 10. The predicted molar refractivity (Wildman–Crippen MR) is 95.5 cm³/mol. The van der Waals surface area contributed by atoms with Gasteiger partial charge in [0.25, 0.3) is 0 Å². The lowest BCUT2D eigenvalue weighted by atomic mass is 9.81. The van der Waals surface area contributed by atoms with Crippen LogP contribution in [-0.4, -0.2) is 25.2 Å². The second-order valence-corrected chi connectivity index (χ2v) is 7.19. The molecule has 0 aromatic carbocycles. The third-order valence-corrected chi connectivity index (χ3v) is 5.57. The van der Waals surface area contributed by atoms with E-state index >= 15 is 0 Å². The first-order chi connectivity index (χ1) is 11.5. The Balaban J connectivity index is 2.42. The van der Waals surface area contributed by atoms with E-state index in [-0.39, 0.29) is 23.8 Å². The van der Waals surface area contributed by atoms with Crippen molar-refractivity contribution in [3.05, 3.63) is 0 Å². The predicted octanol–water partition coefficient (Wildman–Crippen LogP) is 4.75. The number of carbonyl (C=O) groups excluding carboxylic acids is 2. The maximum Gasteiger partial charge on any atom is 0.308 e. The van der Waals surface area contributed by atoms with E-state index in [9.17, 15) is 9.59 Å². The summed E-state index contributed by atoms with van der Waals surface area (Å²) in [4.78, 5) is 24.6. The summed E-state index contributed by atoms with van der Waals surface area (Å²) in [6, 6.07) is 0. The van der Waals surface area contributed by atoms with Gasteiger partial charge in [0, 0.05) is 0 Å². The van der Waals surface area contributed by atoms with Gasteiger partial charge in [-0.15, -0.1) is 0 Å². The summed E-state index contributed by atoms with van der Waals surface area (Å²) in [6.45, 7) is 9.49. The van der Waals surface area contributed by atoms with Gasteiger partial charge in [0.1, 0.15) is 0 Å². The minimum absolute atomic E-state index is 0.126. The van der Waals surface area contributed by atoms with Gasteiger partial charge in [-0.25, -0.2) is 0 Å². The topological polar surface area (TPSA) is 52.6 Å². The summed E-state index contributed by atoms with van der Waals surface area (Å²) < 4.78 is 11.0. The molecule has 1 fully saturated rings. The minimum atomic E-state index is -0.140. The number of carbonyl (C=O) groups is 2. The van der Waals surface area contributed by atoms with Crippen LogP contribution >= 0.6 is 0 Å². The fourth-order valence-corrected chi connectivity index (χ4v) is 3.30. The van der Waals surface area contributed by atoms with Crippen molar-refractivity contribution in [2.75, 3.05) is 13.2 Å². The van der Waals surface area contributed by atoms with Crippen molar-refractivity contribution in [2.45, 2.75) is 79.1 Å². The van der Waals surface area contributed by atoms with E-state index < -0.39 is 0 Å². The monoisotopic (exact) mass is 340 g/mol. The van der Waals surface area contributed by atoms with Crippen LogP contribution in [0.1, 0.15) is 79.1 Å². The molecular weight excluding hydrogens is 304 g/mol. The van der Waals surface area contributed by atoms with Gasteiger partial charge in [-0.1, -0.05) is 59.8 Å². The van der Waals surface area contributed by atoms with E-state index in [1.807, 2.05) is 0 Å². The first kappa shape index (κ1) is 21.0. The highest BCUT2D eigenvalue weighted by Gasteiger charge is 2.33. The maximum atomic E-state index is 12.3. The molecule has 1 aliphatic carbocycles. The molecule has 0 aliphatic heterocycles. The molecule has 0 spiro atoms. The molecular formula is C20H36O4. The molecule has 140 valence electrons. The molecule has 24 heavy (non-hydrogen) atoms. The molecule has 0 heterocycles. The van der Waals surface area contributed by atoms with Crippen LogP contribution in [0.3, 0.4) is 0 Å². The van der Waals surface area contributed by atoms with Crippen molar-refractivity contribution in [1.29, 1.82) is 0 Å². The lowest BCUT2D eigenvalue weighted by molar-refractivity contribution is -0.156. The van der Waals surface area contributed by atoms with E-state index in [1.54, 1.807) is 0 Å². The summed E-state index contributed by atoms with van der Waals surface area (Å²) in [5.41, 5.74) is 0. The lowest BCUT2D eigenvalue weighted by Crippen LogP contribution is -2.31. The molecule has 0 aromatic heterocycles. The largest absolute Gasteiger partial charge is 0.465 e. The molecule has 0 amide bonds. The molecule has 4 nitrogen and oxygen atoms in total. The fourth-order valence-electron chi connectivity index (χ4n) is 3.30. The third-order valence-electron chi connectivity index (χ3n) is 5.57.